The van der Waals surface area contributed by atoms with Gasteiger partial charge in [0.15, 0.2) is 5.82 Å². The summed E-state index contributed by atoms with van der Waals surface area (Å²) in [6.45, 7) is 1.66. The summed E-state index contributed by atoms with van der Waals surface area (Å²) >= 11 is 0. The molecule has 2 aromatic heterocycles. The molecule has 31 heavy (non-hydrogen) atoms. The molecule has 1 aromatic carbocycles. The van der Waals surface area contributed by atoms with E-state index < -0.39 is 0 Å². The minimum atomic E-state index is -0.349. The highest BCUT2D eigenvalue weighted by atomic mass is 19.1. The first-order valence-electron chi connectivity index (χ1n) is 10.4. The van der Waals surface area contributed by atoms with E-state index in [9.17, 15) is 9.18 Å². The number of carbonyl (C=O) groups is 1. The summed E-state index contributed by atoms with van der Waals surface area (Å²) in [5, 5.41) is 4.28. The van der Waals surface area contributed by atoms with E-state index in [0.717, 1.165) is 12.0 Å². The lowest BCUT2D eigenvalue weighted by Crippen LogP contribution is -2.46. The lowest BCUT2D eigenvalue weighted by atomic mass is 9.75. The fourth-order valence-corrected chi connectivity index (χ4v) is 4.03. The van der Waals surface area contributed by atoms with E-state index in [0.29, 0.717) is 49.8 Å². The van der Waals surface area contributed by atoms with Crippen LogP contribution in [0.2, 0.25) is 0 Å². The first-order valence-corrected chi connectivity index (χ1v) is 10.4. The molecule has 0 aliphatic carbocycles. The molecule has 0 N–H and O–H groups in total. The van der Waals surface area contributed by atoms with E-state index in [1.54, 1.807) is 42.6 Å². The number of benzene rings is 1. The molecule has 8 heteroatoms. The summed E-state index contributed by atoms with van der Waals surface area (Å²) < 4.78 is 24.8. The summed E-state index contributed by atoms with van der Waals surface area (Å²) in [6.07, 6.45) is 5.53. The van der Waals surface area contributed by atoms with Gasteiger partial charge in [0.25, 0.3) is 5.89 Å². The van der Waals surface area contributed by atoms with Crippen LogP contribution < -0.4 is 0 Å². The molecule has 1 aliphatic heterocycles. The van der Waals surface area contributed by atoms with Crippen molar-refractivity contribution < 1.29 is 18.4 Å². The maximum atomic E-state index is 13.9. The summed E-state index contributed by atoms with van der Waals surface area (Å²) in [5.41, 5.74) is 0.900. The van der Waals surface area contributed by atoms with Crippen molar-refractivity contribution in [3.05, 3.63) is 66.0 Å². The van der Waals surface area contributed by atoms with Gasteiger partial charge in [-0.05, 0) is 43.0 Å². The van der Waals surface area contributed by atoms with Crippen molar-refractivity contribution in [1.29, 1.82) is 0 Å². The predicted octanol–water partition coefficient (Wildman–Crippen LogP) is 3.41. The molecule has 3 heterocycles. The van der Waals surface area contributed by atoms with Crippen molar-refractivity contribution in [2.45, 2.75) is 31.1 Å². The van der Waals surface area contributed by atoms with Gasteiger partial charge in [-0.2, -0.15) is 4.98 Å². The minimum Gasteiger partial charge on any atom is -0.385 e. The third-order valence-corrected chi connectivity index (χ3v) is 5.99. The second-order valence-electron chi connectivity index (χ2n) is 7.83. The summed E-state index contributed by atoms with van der Waals surface area (Å²) in [5.74, 6) is 0.665. The molecule has 1 aliphatic rings. The second kappa shape index (κ2) is 9.34. The van der Waals surface area contributed by atoms with Crippen LogP contribution in [0.4, 0.5) is 4.39 Å². The third kappa shape index (κ3) is 4.64. The first-order chi connectivity index (χ1) is 15.1. The van der Waals surface area contributed by atoms with Gasteiger partial charge in [0, 0.05) is 50.2 Å². The molecular formula is C23H25FN4O3. The number of nitrogens with zero attached hydrogens (tertiary/aromatic N) is 4. The van der Waals surface area contributed by atoms with E-state index in [1.807, 2.05) is 12.1 Å². The van der Waals surface area contributed by atoms with Gasteiger partial charge in [-0.1, -0.05) is 23.4 Å². The number of pyridine rings is 1. The van der Waals surface area contributed by atoms with Crippen LogP contribution in [0.1, 0.15) is 30.7 Å². The van der Waals surface area contributed by atoms with Crippen molar-refractivity contribution in [1.82, 2.24) is 20.0 Å². The standard InChI is InChI=1S/C23H25FN4O3/c1-30-15-10-23(22-26-21(31-27-22)17-6-11-25-12-7-17)8-13-28(14-9-23)20(29)16-18-4-2-3-5-19(18)24/h2-7,11-12H,8-10,13-16H2,1H3. The number of methoxy groups -OCH3 is 1. The molecule has 0 saturated carbocycles. The number of halogens is 1. The summed E-state index contributed by atoms with van der Waals surface area (Å²) in [7, 11) is 1.67. The molecule has 3 aromatic rings. The second-order valence-corrected chi connectivity index (χ2v) is 7.83. The number of likely N-dealkylation sites (tertiary alicyclic amines) is 1. The third-order valence-electron chi connectivity index (χ3n) is 5.99. The van der Waals surface area contributed by atoms with Gasteiger partial charge in [-0.3, -0.25) is 9.78 Å². The number of piperidine rings is 1. The number of amides is 1. The van der Waals surface area contributed by atoms with E-state index in [4.69, 9.17) is 9.26 Å². The Morgan fingerprint density at radius 1 is 1.19 bits per heavy atom. The van der Waals surface area contributed by atoms with Crippen LogP contribution in [-0.2, 0) is 21.4 Å². The van der Waals surface area contributed by atoms with Gasteiger partial charge >= 0.3 is 0 Å². The topological polar surface area (TPSA) is 81.3 Å². The fraction of sp³-hybridized carbons (Fsp3) is 0.391. The Labute approximate surface area is 180 Å². The molecular weight excluding hydrogens is 399 g/mol. The smallest absolute Gasteiger partial charge is 0.258 e. The number of hydrogen-bond donors (Lipinski definition) is 0. The highest BCUT2D eigenvalue weighted by Crippen LogP contribution is 2.38. The van der Waals surface area contributed by atoms with Crippen LogP contribution in [0.3, 0.4) is 0 Å². The normalized spacial score (nSPS) is 15.7. The number of rotatable bonds is 7. The maximum absolute atomic E-state index is 13.9. The fourth-order valence-electron chi connectivity index (χ4n) is 4.03. The van der Waals surface area contributed by atoms with Crippen molar-refractivity contribution in [3.63, 3.8) is 0 Å². The molecule has 1 fully saturated rings. The van der Waals surface area contributed by atoms with Gasteiger partial charge in [0.05, 0.1) is 6.42 Å². The number of ether oxygens (including phenoxy) is 1. The Morgan fingerprint density at radius 3 is 2.65 bits per heavy atom. The highest BCUT2D eigenvalue weighted by Gasteiger charge is 2.41. The zero-order valence-electron chi connectivity index (χ0n) is 17.5. The Bertz CT molecular complexity index is 1020. The van der Waals surface area contributed by atoms with Crippen LogP contribution >= 0.6 is 0 Å². The minimum absolute atomic E-state index is 0.0617. The van der Waals surface area contributed by atoms with E-state index in [2.05, 4.69) is 15.1 Å². The van der Waals surface area contributed by atoms with Crippen molar-refractivity contribution in [3.8, 4) is 11.5 Å². The Balaban J connectivity index is 1.48. The van der Waals surface area contributed by atoms with Crippen LogP contribution in [-0.4, -0.2) is 52.7 Å². The lowest BCUT2D eigenvalue weighted by molar-refractivity contribution is -0.132. The van der Waals surface area contributed by atoms with Crippen molar-refractivity contribution in [2.24, 2.45) is 0 Å². The predicted molar refractivity (Wildman–Crippen MR) is 112 cm³/mol. The van der Waals surface area contributed by atoms with Gasteiger partial charge in [-0.25, -0.2) is 4.39 Å². The molecule has 0 radical (unpaired) electrons. The Hall–Kier alpha value is -3.13. The quantitative estimate of drug-likeness (QED) is 0.578. The average molecular weight is 424 g/mol. The molecule has 1 amide bonds. The maximum Gasteiger partial charge on any atom is 0.258 e. The molecule has 162 valence electrons. The Morgan fingerprint density at radius 2 is 1.94 bits per heavy atom. The highest BCUT2D eigenvalue weighted by molar-refractivity contribution is 5.79. The van der Waals surface area contributed by atoms with Crippen LogP contribution in [0, 0.1) is 5.82 Å². The van der Waals surface area contributed by atoms with Gasteiger partial charge in [0.2, 0.25) is 5.91 Å². The summed E-state index contributed by atoms with van der Waals surface area (Å²) in [4.78, 5) is 23.2. The van der Waals surface area contributed by atoms with Crippen LogP contribution in [0.5, 0.6) is 0 Å². The SMILES string of the molecule is COCCC1(c2noc(-c3ccncc3)n2)CCN(C(=O)Cc2ccccc2F)CC1. The average Bonchev–Trinajstić information content (AvgIpc) is 3.31. The molecule has 0 atom stereocenters. The largest absolute Gasteiger partial charge is 0.385 e. The first kappa shape index (κ1) is 21.1. The van der Waals surface area contributed by atoms with E-state index in [-0.39, 0.29) is 23.6 Å². The number of hydrogen-bond acceptors (Lipinski definition) is 6. The lowest BCUT2D eigenvalue weighted by Gasteiger charge is -2.39. The van der Waals surface area contributed by atoms with Crippen LogP contribution in [0.25, 0.3) is 11.5 Å². The Kier molecular flexibility index (Phi) is 6.36. The molecule has 0 unspecified atom stereocenters. The molecule has 4 rings (SSSR count). The number of carbonyl (C=O) groups excluding carboxylic acids is 1. The molecule has 0 spiro atoms. The van der Waals surface area contributed by atoms with E-state index >= 15 is 0 Å². The van der Waals surface area contributed by atoms with Crippen molar-refractivity contribution in [2.75, 3.05) is 26.8 Å². The van der Waals surface area contributed by atoms with Gasteiger partial charge in [-0.15, -0.1) is 0 Å². The zero-order valence-corrected chi connectivity index (χ0v) is 17.5. The molecule has 7 nitrogen and oxygen atoms in total. The van der Waals surface area contributed by atoms with Gasteiger partial charge < -0.3 is 14.2 Å². The molecule has 0 bridgehead atoms. The zero-order chi connectivity index (χ0) is 21.7. The van der Waals surface area contributed by atoms with Crippen LogP contribution in [0.15, 0.2) is 53.3 Å². The van der Waals surface area contributed by atoms with E-state index in [1.165, 1.54) is 6.07 Å². The summed E-state index contributed by atoms with van der Waals surface area (Å²) in [6, 6.07) is 10.0. The monoisotopic (exact) mass is 424 g/mol. The van der Waals surface area contributed by atoms with Crippen molar-refractivity contribution >= 4 is 5.91 Å². The molecule has 1 saturated heterocycles. The van der Waals surface area contributed by atoms with Gasteiger partial charge in [0.1, 0.15) is 5.82 Å². The number of aromatic nitrogens is 3.